The Labute approximate surface area is 176 Å². The number of ether oxygens (including phenoxy) is 1. The molecule has 4 rings (SSSR count). The average molecular weight is 426 g/mol. The summed E-state index contributed by atoms with van der Waals surface area (Å²) in [5.74, 6) is 0.339. The van der Waals surface area contributed by atoms with Gasteiger partial charge >= 0.3 is 5.97 Å². The summed E-state index contributed by atoms with van der Waals surface area (Å²) >= 11 is 2.99. The number of thioether (sulfide) groups is 1. The van der Waals surface area contributed by atoms with Crippen LogP contribution in [0, 0.1) is 6.92 Å². The van der Waals surface area contributed by atoms with Gasteiger partial charge in [-0.15, -0.1) is 10.2 Å². The third-order valence-corrected chi connectivity index (χ3v) is 6.29. The molecule has 0 aliphatic carbocycles. The van der Waals surface area contributed by atoms with Gasteiger partial charge in [0.2, 0.25) is 10.9 Å². The van der Waals surface area contributed by atoms with Gasteiger partial charge in [-0.25, -0.2) is 4.79 Å². The van der Waals surface area contributed by atoms with Crippen LogP contribution in [0.1, 0.15) is 28.6 Å². The van der Waals surface area contributed by atoms with E-state index in [4.69, 9.17) is 9.15 Å². The second-order valence-electron chi connectivity index (χ2n) is 6.23. The second kappa shape index (κ2) is 8.67. The molecule has 0 amide bonds. The number of furan rings is 1. The predicted molar refractivity (Wildman–Crippen MR) is 116 cm³/mol. The molecule has 0 radical (unpaired) electrons. The van der Waals surface area contributed by atoms with E-state index in [1.807, 2.05) is 55.5 Å². The highest BCUT2D eigenvalue weighted by Gasteiger charge is 2.22. The summed E-state index contributed by atoms with van der Waals surface area (Å²) in [7, 11) is 0. The quantitative estimate of drug-likeness (QED) is 0.296. The normalized spacial score (nSPS) is 11.0. The Kier molecular flexibility index (Phi) is 5.82. The molecule has 0 aliphatic rings. The first-order valence-electron chi connectivity index (χ1n) is 9.12. The number of nitrogens with one attached hydrogen (secondary N) is 1. The van der Waals surface area contributed by atoms with Crippen LogP contribution >= 0.6 is 23.1 Å². The minimum atomic E-state index is -0.446. The molecule has 0 atom stereocenters. The number of hydrogen-bond donors (Lipinski definition) is 1. The molecular weight excluding hydrogens is 406 g/mol. The molecule has 2 heterocycles. The number of fused-ring (bicyclic) bond motifs is 1. The maximum Gasteiger partial charge on any atom is 0.374 e. The largest absolute Gasteiger partial charge is 0.460 e. The first-order valence-corrected chi connectivity index (χ1v) is 10.9. The summed E-state index contributed by atoms with van der Waals surface area (Å²) < 4.78 is 11.7. The van der Waals surface area contributed by atoms with Crippen molar-refractivity contribution in [1.82, 2.24) is 10.2 Å². The van der Waals surface area contributed by atoms with Crippen molar-refractivity contribution in [2.24, 2.45) is 0 Å². The van der Waals surface area contributed by atoms with E-state index in [-0.39, 0.29) is 5.76 Å². The van der Waals surface area contributed by atoms with Gasteiger partial charge in [0.1, 0.15) is 5.58 Å². The van der Waals surface area contributed by atoms with Crippen LogP contribution in [-0.4, -0.2) is 22.8 Å². The van der Waals surface area contributed by atoms with Crippen LogP contribution in [0.3, 0.4) is 0 Å². The van der Waals surface area contributed by atoms with Gasteiger partial charge in [-0.3, -0.25) is 0 Å². The number of rotatable bonds is 7. The first-order chi connectivity index (χ1) is 14.2. The monoisotopic (exact) mass is 425 g/mol. The third-order valence-electron chi connectivity index (χ3n) is 4.29. The van der Waals surface area contributed by atoms with Gasteiger partial charge in [-0.05, 0) is 31.5 Å². The van der Waals surface area contributed by atoms with Crippen molar-refractivity contribution in [3.63, 3.8) is 0 Å². The van der Waals surface area contributed by atoms with Crippen LogP contribution in [0.5, 0.6) is 0 Å². The molecule has 0 saturated heterocycles. The van der Waals surface area contributed by atoms with Gasteiger partial charge in [0.25, 0.3) is 0 Å². The summed E-state index contributed by atoms with van der Waals surface area (Å²) in [4.78, 5) is 12.3. The third kappa shape index (κ3) is 4.28. The fourth-order valence-electron chi connectivity index (χ4n) is 2.88. The van der Waals surface area contributed by atoms with Gasteiger partial charge in [-0.1, -0.05) is 59.5 Å². The molecule has 2 aromatic heterocycles. The van der Waals surface area contributed by atoms with E-state index < -0.39 is 5.97 Å². The smallest absolute Gasteiger partial charge is 0.374 e. The van der Waals surface area contributed by atoms with E-state index in [0.29, 0.717) is 17.9 Å². The van der Waals surface area contributed by atoms with Gasteiger partial charge < -0.3 is 14.5 Å². The molecule has 0 saturated carbocycles. The van der Waals surface area contributed by atoms with E-state index in [2.05, 4.69) is 15.5 Å². The highest BCUT2D eigenvalue weighted by molar-refractivity contribution is 8.00. The molecule has 0 bridgehead atoms. The zero-order valence-corrected chi connectivity index (χ0v) is 17.6. The van der Waals surface area contributed by atoms with Crippen LogP contribution in [0.15, 0.2) is 57.3 Å². The molecule has 6 nitrogen and oxygen atoms in total. The van der Waals surface area contributed by atoms with Crippen LogP contribution in [0.2, 0.25) is 0 Å². The number of hydrogen-bond acceptors (Lipinski definition) is 8. The number of benzene rings is 2. The Morgan fingerprint density at radius 3 is 2.79 bits per heavy atom. The van der Waals surface area contributed by atoms with Crippen molar-refractivity contribution in [3.05, 3.63) is 65.4 Å². The molecule has 0 fully saturated rings. The lowest BCUT2D eigenvalue weighted by molar-refractivity contribution is 0.0491. The number of carbonyl (C=O) groups excluding carboxylic acids is 1. The van der Waals surface area contributed by atoms with Crippen molar-refractivity contribution >= 4 is 50.9 Å². The molecule has 8 heteroatoms. The lowest BCUT2D eigenvalue weighted by Gasteiger charge is -2.04. The van der Waals surface area contributed by atoms with Gasteiger partial charge in [-0.2, -0.15) is 0 Å². The minimum Gasteiger partial charge on any atom is -0.460 e. The summed E-state index contributed by atoms with van der Waals surface area (Å²) in [5.41, 5.74) is 3.63. The molecule has 0 aliphatic heterocycles. The molecule has 2 aromatic carbocycles. The van der Waals surface area contributed by atoms with Crippen LogP contribution in [0.25, 0.3) is 11.0 Å². The predicted octanol–water partition coefficient (Wildman–Crippen LogP) is 5.81. The van der Waals surface area contributed by atoms with E-state index >= 15 is 0 Å². The molecule has 1 N–H and O–H groups in total. The van der Waals surface area contributed by atoms with Crippen molar-refractivity contribution < 1.29 is 13.9 Å². The Bertz CT molecular complexity index is 1150. The molecule has 29 heavy (non-hydrogen) atoms. The second-order valence-corrected chi connectivity index (χ2v) is 8.43. The molecule has 0 unspecified atom stereocenters. The highest BCUT2D eigenvalue weighted by Crippen LogP contribution is 2.35. The number of aromatic nitrogens is 2. The Balaban J connectivity index is 1.53. The zero-order chi connectivity index (χ0) is 20.2. The van der Waals surface area contributed by atoms with Gasteiger partial charge in [0, 0.05) is 22.4 Å². The van der Waals surface area contributed by atoms with Crippen molar-refractivity contribution in [2.75, 3.05) is 11.9 Å². The number of aryl methyl sites for hydroxylation is 1. The minimum absolute atomic E-state index is 0.253. The van der Waals surface area contributed by atoms with Gasteiger partial charge in [0.05, 0.1) is 6.61 Å². The fourth-order valence-corrected chi connectivity index (χ4v) is 4.68. The van der Waals surface area contributed by atoms with E-state index in [1.165, 1.54) is 23.1 Å². The summed E-state index contributed by atoms with van der Waals surface area (Å²) in [5, 5.41) is 13.4. The van der Waals surface area contributed by atoms with E-state index in [9.17, 15) is 4.79 Å². The van der Waals surface area contributed by atoms with Crippen LogP contribution in [-0.2, 0) is 10.5 Å². The Morgan fingerprint density at radius 1 is 1.17 bits per heavy atom. The van der Waals surface area contributed by atoms with E-state index in [1.54, 1.807) is 6.92 Å². The SMILES string of the molecule is CCOC(=O)c1oc2ccccc2c1CSc1nnc(Nc2ccccc2C)s1. The lowest BCUT2D eigenvalue weighted by Crippen LogP contribution is -2.05. The lowest BCUT2D eigenvalue weighted by atomic mass is 10.1. The standard InChI is InChI=1S/C21H19N3O3S2/c1-3-26-19(25)18-15(14-9-5-7-11-17(14)27-18)12-28-21-24-23-20(29-21)22-16-10-6-4-8-13(16)2/h4-11H,3,12H2,1-2H3,(H,22,23). The summed E-state index contributed by atoms with van der Waals surface area (Å²) in [6, 6.07) is 15.6. The number of carbonyl (C=O) groups is 1. The number of anilines is 2. The highest BCUT2D eigenvalue weighted by atomic mass is 32.2. The van der Waals surface area contributed by atoms with E-state index in [0.717, 1.165) is 31.7 Å². The first kappa shape index (κ1) is 19.5. The van der Waals surface area contributed by atoms with Crippen molar-refractivity contribution in [2.45, 2.75) is 23.9 Å². The molecule has 0 spiro atoms. The van der Waals surface area contributed by atoms with Crippen LogP contribution in [0.4, 0.5) is 10.8 Å². The van der Waals surface area contributed by atoms with Crippen molar-refractivity contribution in [1.29, 1.82) is 0 Å². The average Bonchev–Trinajstić information content (AvgIpc) is 3.32. The Morgan fingerprint density at radius 2 is 1.97 bits per heavy atom. The number of nitrogens with zero attached hydrogens (tertiary/aromatic N) is 2. The Hall–Kier alpha value is -2.84. The fraction of sp³-hybridized carbons (Fsp3) is 0.190. The summed E-state index contributed by atoms with van der Waals surface area (Å²) in [6.45, 7) is 4.12. The van der Waals surface area contributed by atoms with Crippen molar-refractivity contribution in [3.8, 4) is 0 Å². The van der Waals surface area contributed by atoms with Gasteiger partial charge in [0.15, 0.2) is 4.34 Å². The maximum absolute atomic E-state index is 12.3. The molecule has 4 aromatic rings. The van der Waals surface area contributed by atoms with Crippen LogP contribution < -0.4 is 5.32 Å². The summed E-state index contributed by atoms with van der Waals surface area (Å²) in [6.07, 6.45) is 0. The zero-order valence-electron chi connectivity index (χ0n) is 16.0. The topological polar surface area (TPSA) is 77.2 Å². The number of esters is 1. The number of para-hydroxylation sites is 2. The maximum atomic E-state index is 12.3. The molecule has 148 valence electrons. The molecular formula is C21H19N3O3S2.